The molecule has 1 fully saturated rings. The summed E-state index contributed by atoms with van der Waals surface area (Å²) in [6.45, 7) is 4.05. The minimum atomic E-state index is 0.512. The molecule has 0 saturated heterocycles. The molecular formula is C15H21NOS. The monoisotopic (exact) mass is 263 g/mol. The predicted molar refractivity (Wildman–Crippen MR) is 76.3 cm³/mol. The number of rotatable bonds is 5. The van der Waals surface area contributed by atoms with Crippen molar-refractivity contribution in [2.45, 2.75) is 42.7 Å². The van der Waals surface area contributed by atoms with Gasteiger partial charge >= 0.3 is 0 Å². The summed E-state index contributed by atoms with van der Waals surface area (Å²) in [4.78, 5) is 1.48. The summed E-state index contributed by atoms with van der Waals surface area (Å²) in [5.41, 5.74) is 1.54. The van der Waals surface area contributed by atoms with Crippen molar-refractivity contribution in [3.63, 3.8) is 0 Å². The van der Waals surface area contributed by atoms with Crippen molar-refractivity contribution < 1.29 is 4.74 Å². The van der Waals surface area contributed by atoms with E-state index >= 15 is 0 Å². The number of nitrogens with one attached hydrogen (secondary N) is 1. The molecule has 1 N–H and O–H groups in total. The maximum atomic E-state index is 5.59. The molecule has 2 aliphatic rings. The van der Waals surface area contributed by atoms with E-state index in [4.69, 9.17) is 4.74 Å². The van der Waals surface area contributed by atoms with Gasteiger partial charge in [-0.3, -0.25) is 0 Å². The fraction of sp³-hybridized carbons (Fsp3) is 0.600. The van der Waals surface area contributed by atoms with E-state index in [-0.39, 0.29) is 0 Å². The first-order valence-electron chi connectivity index (χ1n) is 6.93. The zero-order valence-corrected chi connectivity index (χ0v) is 11.7. The van der Waals surface area contributed by atoms with Gasteiger partial charge < -0.3 is 10.1 Å². The first kappa shape index (κ1) is 12.5. The van der Waals surface area contributed by atoms with Crippen LogP contribution in [0.25, 0.3) is 0 Å². The van der Waals surface area contributed by atoms with E-state index in [9.17, 15) is 0 Å². The van der Waals surface area contributed by atoms with E-state index in [0.717, 1.165) is 13.2 Å². The van der Waals surface area contributed by atoms with Crippen LogP contribution in [0.1, 0.15) is 31.2 Å². The third-order valence-corrected chi connectivity index (χ3v) is 5.20. The summed E-state index contributed by atoms with van der Waals surface area (Å²) >= 11 is 2.00. The minimum Gasteiger partial charge on any atom is -0.378 e. The Hall–Kier alpha value is -0.510. The quantitative estimate of drug-likeness (QED) is 0.882. The highest BCUT2D eigenvalue weighted by Crippen LogP contribution is 2.39. The van der Waals surface area contributed by atoms with Gasteiger partial charge in [-0.15, -0.1) is 11.8 Å². The Bertz CT molecular complexity index is 403. The molecule has 3 heteroatoms. The molecule has 1 heterocycles. The molecule has 1 aromatic carbocycles. The molecule has 2 nitrogen and oxygen atoms in total. The van der Waals surface area contributed by atoms with Gasteiger partial charge in [0.15, 0.2) is 0 Å². The molecule has 1 atom stereocenters. The molecule has 1 saturated carbocycles. The second kappa shape index (κ2) is 5.64. The van der Waals surface area contributed by atoms with Gasteiger partial charge in [-0.1, -0.05) is 18.2 Å². The Morgan fingerprint density at radius 2 is 2.17 bits per heavy atom. The molecule has 0 amide bonds. The van der Waals surface area contributed by atoms with E-state index < -0.39 is 0 Å². The molecule has 0 spiro atoms. The van der Waals surface area contributed by atoms with E-state index in [1.165, 1.54) is 29.1 Å². The van der Waals surface area contributed by atoms with Crippen molar-refractivity contribution in [1.29, 1.82) is 0 Å². The number of thioether (sulfide) groups is 1. The number of benzene rings is 1. The van der Waals surface area contributed by atoms with E-state index in [1.54, 1.807) is 0 Å². The summed E-state index contributed by atoms with van der Waals surface area (Å²) in [5, 5.41) is 3.70. The zero-order valence-electron chi connectivity index (χ0n) is 10.9. The molecule has 18 heavy (non-hydrogen) atoms. The average Bonchev–Trinajstić information content (AvgIpc) is 2.75. The molecular weight excluding hydrogens is 242 g/mol. The summed E-state index contributed by atoms with van der Waals surface area (Å²) in [7, 11) is 0. The fourth-order valence-corrected chi connectivity index (χ4v) is 4.07. The van der Waals surface area contributed by atoms with Crippen LogP contribution in [0.5, 0.6) is 0 Å². The number of ether oxygens (including phenoxy) is 1. The largest absolute Gasteiger partial charge is 0.378 e. The highest BCUT2D eigenvalue weighted by atomic mass is 32.2. The van der Waals surface area contributed by atoms with E-state index in [1.807, 2.05) is 11.8 Å². The number of hydrogen-bond acceptors (Lipinski definition) is 3. The van der Waals surface area contributed by atoms with Gasteiger partial charge in [0.05, 0.1) is 6.10 Å². The van der Waals surface area contributed by atoms with Crippen molar-refractivity contribution in [3.8, 4) is 0 Å². The van der Waals surface area contributed by atoms with Gasteiger partial charge in [0.1, 0.15) is 0 Å². The van der Waals surface area contributed by atoms with Crippen LogP contribution in [-0.2, 0) is 4.74 Å². The lowest BCUT2D eigenvalue weighted by molar-refractivity contribution is -0.00991. The predicted octanol–water partition coefficient (Wildman–Crippen LogP) is 3.03. The summed E-state index contributed by atoms with van der Waals surface area (Å²) in [6, 6.07) is 9.51. The van der Waals surface area contributed by atoms with Crippen LogP contribution in [0.15, 0.2) is 29.2 Å². The molecule has 0 aromatic heterocycles. The Balaban J connectivity index is 1.46. The summed E-state index contributed by atoms with van der Waals surface area (Å²) in [5.74, 6) is 1.92. The fourth-order valence-electron chi connectivity index (χ4n) is 2.81. The minimum absolute atomic E-state index is 0.512. The molecule has 0 radical (unpaired) electrons. The van der Waals surface area contributed by atoms with Gasteiger partial charge in [0, 0.05) is 35.8 Å². The lowest BCUT2D eigenvalue weighted by Crippen LogP contribution is -2.46. The van der Waals surface area contributed by atoms with Gasteiger partial charge in [0.25, 0.3) is 0 Å². The van der Waals surface area contributed by atoms with Crippen molar-refractivity contribution in [2.75, 3.05) is 18.9 Å². The van der Waals surface area contributed by atoms with Gasteiger partial charge in [-0.2, -0.15) is 0 Å². The Morgan fingerprint density at radius 3 is 3.00 bits per heavy atom. The second-order valence-electron chi connectivity index (χ2n) is 5.20. The van der Waals surface area contributed by atoms with Crippen molar-refractivity contribution in [1.82, 2.24) is 5.32 Å². The highest BCUT2D eigenvalue weighted by molar-refractivity contribution is 7.99. The van der Waals surface area contributed by atoms with Crippen molar-refractivity contribution in [3.05, 3.63) is 29.8 Å². The number of fused-ring (bicyclic) bond motifs is 1. The zero-order chi connectivity index (χ0) is 12.4. The second-order valence-corrected chi connectivity index (χ2v) is 6.26. The Labute approximate surface area is 113 Å². The molecule has 98 valence electrons. The van der Waals surface area contributed by atoms with Crippen LogP contribution in [0.4, 0.5) is 0 Å². The smallest absolute Gasteiger partial charge is 0.0604 e. The molecule has 1 aromatic rings. The molecule has 1 aliphatic carbocycles. The number of hydrogen-bond donors (Lipinski definition) is 1. The van der Waals surface area contributed by atoms with Crippen LogP contribution in [0, 0.1) is 0 Å². The lowest BCUT2D eigenvalue weighted by Gasteiger charge is -2.36. The van der Waals surface area contributed by atoms with E-state index in [2.05, 4.69) is 36.5 Å². The topological polar surface area (TPSA) is 21.3 Å². The lowest BCUT2D eigenvalue weighted by atomic mass is 9.88. The summed E-state index contributed by atoms with van der Waals surface area (Å²) in [6.07, 6.45) is 2.89. The third kappa shape index (κ3) is 2.58. The molecule has 3 rings (SSSR count). The highest BCUT2D eigenvalue weighted by Gasteiger charge is 2.30. The molecule has 0 bridgehead atoms. The molecule has 1 unspecified atom stereocenters. The summed E-state index contributed by atoms with van der Waals surface area (Å²) < 4.78 is 5.59. The standard InChI is InChI=1S/C15H21NOS/c1-2-17-13-7-12(8-13)16-9-11-10-18-15-6-4-3-5-14(11)15/h3-6,11-13,16H,2,7-10H2,1H3. The van der Waals surface area contributed by atoms with Crippen LogP contribution in [0.2, 0.25) is 0 Å². The SMILES string of the molecule is CCOC1CC(NCC2CSc3ccccc32)C1. The maximum Gasteiger partial charge on any atom is 0.0604 e. The van der Waals surface area contributed by atoms with Crippen molar-refractivity contribution >= 4 is 11.8 Å². The Kier molecular flexibility index (Phi) is 3.92. The molecule has 1 aliphatic heterocycles. The van der Waals surface area contributed by atoms with Crippen LogP contribution >= 0.6 is 11.8 Å². The van der Waals surface area contributed by atoms with Crippen LogP contribution < -0.4 is 5.32 Å². The first-order chi connectivity index (χ1) is 8.86. The Morgan fingerprint density at radius 1 is 1.33 bits per heavy atom. The van der Waals surface area contributed by atoms with Gasteiger partial charge in [-0.05, 0) is 31.4 Å². The van der Waals surface area contributed by atoms with Gasteiger partial charge in [0.2, 0.25) is 0 Å². The van der Waals surface area contributed by atoms with Gasteiger partial charge in [-0.25, -0.2) is 0 Å². The van der Waals surface area contributed by atoms with Crippen LogP contribution in [-0.4, -0.2) is 31.1 Å². The van der Waals surface area contributed by atoms with Crippen LogP contribution in [0.3, 0.4) is 0 Å². The third-order valence-electron chi connectivity index (χ3n) is 3.95. The van der Waals surface area contributed by atoms with E-state index in [0.29, 0.717) is 18.1 Å². The maximum absolute atomic E-state index is 5.59. The van der Waals surface area contributed by atoms with Crippen molar-refractivity contribution in [2.24, 2.45) is 0 Å². The first-order valence-corrected chi connectivity index (χ1v) is 7.92. The normalized spacial score (nSPS) is 29.9. The average molecular weight is 263 g/mol.